The molecule has 0 atom stereocenters. The Balaban J connectivity index is 2.30. The van der Waals surface area contributed by atoms with Crippen molar-refractivity contribution in [3.8, 4) is 0 Å². The molecule has 0 aliphatic carbocycles. The lowest BCUT2D eigenvalue weighted by atomic mass is 10.1. The average molecular weight is 251 g/mol. The summed E-state index contributed by atoms with van der Waals surface area (Å²) in [5.41, 5.74) is 2.65. The minimum atomic E-state index is -0.509. The van der Waals surface area contributed by atoms with Gasteiger partial charge >= 0.3 is 5.97 Å². The summed E-state index contributed by atoms with van der Waals surface area (Å²) in [4.78, 5) is 20.9. The topological polar surface area (TPSA) is 44.8 Å². The van der Waals surface area contributed by atoms with E-state index in [0.29, 0.717) is 18.8 Å². The molecule has 4 heteroatoms. The maximum Gasteiger partial charge on any atom is 0.373 e. The van der Waals surface area contributed by atoms with E-state index in [-0.39, 0.29) is 0 Å². The average Bonchev–Trinajstić information content (AvgIpc) is 2.36. The third-order valence-electron chi connectivity index (χ3n) is 2.47. The summed E-state index contributed by atoms with van der Waals surface area (Å²) in [5, 5.41) is 0. The van der Waals surface area contributed by atoms with Crippen LogP contribution in [0, 0.1) is 20.5 Å². The van der Waals surface area contributed by atoms with Gasteiger partial charge in [-0.15, -0.1) is 0 Å². The fourth-order valence-corrected chi connectivity index (χ4v) is 1.30. The van der Waals surface area contributed by atoms with Crippen molar-refractivity contribution >= 4 is 5.97 Å². The Labute approximate surface area is 108 Å². The molecule has 0 amide bonds. The minimum Gasteiger partial charge on any atom is -0.378 e. The lowest BCUT2D eigenvalue weighted by Crippen LogP contribution is -2.07. The first-order valence-electron chi connectivity index (χ1n) is 5.99. The van der Waals surface area contributed by atoms with Crippen molar-refractivity contribution in [3.63, 3.8) is 0 Å². The smallest absolute Gasteiger partial charge is 0.373 e. The van der Waals surface area contributed by atoms with Crippen LogP contribution in [0.15, 0.2) is 18.2 Å². The summed E-state index contributed by atoms with van der Waals surface area (Å²) in [7, 11) is 0. The van der Waals surface area contributed by atoms with Crippen molar-refractivity contribution in [2.24, 2.45) is 0 Å². The van der Waals surface area contributed by atoms with E-state index in [2.05, 4.69) is 9.78 Å². The summed E-state index contributed by atoms with van der Waals surface area (Å²) in [6.07, 6.45) is 0.941. The number of hydrogen-bond donors (Lipinski definition) is 0. The van der Waals surface area contributed by atoms with Gasteiger partial charge in [-0.3, -0.25) is 4.89 Å². The fourth-order valence-electron chi connectivity index (χ4n) is 1.30. The molecule has 0 unspecified atom stereocenters. The number of aryl methyl sites for hydroxylation is 2. The van der Waals surface area contributed by atoms with E-state index in [0.717, 1.165) is 17.5 Å². The SMILES string of the molecule is CCCOC[CH]OOC(=O)c1ccc(C)c(C)c1. The molecule has 0 fully saturated rings. The molecule has 4 nitrogen and oxygen atoms in total. The van der Waals surface area contributed by atoms with Crippen LogP contribution in [0.25, 0.3) is 0 Å². The molecule has 0 aliphatic heterocycles. The third-order valence-corrected chi connectivity index (χ3v) is 2.47. The first-order chi connectivity index (χ1) is 8.65. The van der Waals surface area contributed by atoms with Gasteiger partial charge in [0.25, 0.3) is 0 Å². The van der Waals surface area contributed by atoms with Gasteiger partial charge in [-0.05, 0) is 43.5 Å². The van der Waals surface area contributed by atoms with Crippen molar-refractivity contribution < 1.29 is 19.3 Å². The summed E-state index contributed by atoms with van der Waals surface area (Å²) >= 11 is 0. The number of rotatable bonds is 7. The molecule has 0 aliphatic rings. The lowest BCUT2D eigenvalue weighted by Gasteiger charge is -2.05. The molecule has 0 aromatic heterocycles. The number of ether oxygens (including phenoxy) is 1. The van der Waals surface area contributed by atoms with Gasteiger partial charge in [-0.25, -0.2) is 4.79 Å². The predicted molar refractivity (Wildman–Crippen MR) is 67.8 cm³/mol. The molecule has 0 bridgehead atoms. The normalized spacial score (nSPS) is 10.4. The zero-order valence-corrected chi connectivity index (χ0v) is 11.1. The van der Waals surface area contributed by atoms with Crippen molar-refractivity contribution in [1.29, 1.82) is 0 Å². The highest BCUT2D eigenvalue weighted by molar-refractivity contribution is 5.89. The Bertz CT molecular complexity index is 387. The zero-order valence-electron chi connectivity index (χ0n) is 11.1. The highest BCUT2D eigenvalue weighted by atomic mass is 17.2. The third kappa shape index (κ3) is 4.85. The maximum atomic E-state index is 11.6. The second-order valence-corrected chi connectivity index (χ2v) is 4.01. The number of hydrogen-bond acceptors (Lipinski definition) is 4. The van der Waals surface area contributed by atoms with Gasteiger partial charge < -0.3 is 4.74 Å². The molecule has 18 heavy (non-hydrogen) atoms. The molecule has 1 rings (SSSR count). The van der Waals surface area contributed by atoms with Crippen LogP contribution in [0.4, 0.5) is 0 Å². The second kappa shape index (κ2) is 7.84. The van der Waals surface area contributed by atoms with Crippen molar-refractivity contribution in [2.75, 3.05) is 13.2 Å². The first-order valence-corrected chi connectivity index (χ1v) is 5.99. The largest absolute Gasteiger partial charge is 0.378 e. The predicted octanol–water partition coefficient (Wildman–Crippen LogP) is 2.98. The standard InChI is InChI=1S/C14H19O4/c1-4-7-16-8-9-17-18-14(15)13-6-5-11(2)12(3)10-13/h5-6,9-10H,4,7-8H2,1-3H3. The van der Waals surface area contributed by atoms with E-state index in [4.69, 9.17) is 4.74 Å². The van der Waals surface area contributed by atoms with E-state index in [1.165, 1.54) is 6.61 Å². The molecule has 0 N–H and O–H groups in total. The van der Waals surface area contributed by atoms with Crippen LogP contribution in [-0.4, -0.2) is 19.2 Å². The zero-order chi connectivity index (χ0) is 13.4. The van der Waals surface area contributed by atoms with Gasteiger partial charge in [0, 0.05) is 6.61 Å². The molecular formula is C14H19O4. The molecule has 1 radical (unpaired) electrons. The number of benzene rings is 1. The number of carbonyl (C=O) groups excluding carboxylic acids is 1. The Morgan fingerprint density at radius 1 is 1.28 bits per heavy atom. The van der Waals surface area contributed by atoms with Gasteiger partial charge in [0.05, 0.1) is 12.2 Å². The lowest BCUT2D eigenvalue weighted by molar-refractivity contribution is -0.218. The first kappa shape index (κ1) is 14.7. The Morgan fingerprint density at radius 2 is 2.06 bits per heavy atom. The summed E-state index contributed by atoms with van der Waals surface area (Å²) < 4.78 is 5.13. The fraction of sp³-hybridized carbons (Fsp3) is 0.429. The van der Waals surface area contributed by atoms with Gasteiger partial charge in [0.2, 0.25) is 0 Å². The maximum absolute atomic E-state index is 11.6. The summed E-state index contributed by atoms with van der Waals surface area (Å²) in [6, 6.07) is 5.36. The molecule has 99 valence electrons. The highest BCUT2D eigenvalue weighted by Gasteiger charge is 2.09. The quantitative estimate of drug-likeness (QED) is 0.424. The van der Waals surface area contributed by atoms with Crippen LogP contribution in [0.2, 0.25) is 0 Å². The van der Waals surface area contributed by atoms with Gasteiger partial charge in [0.1, 0.15) is 0 Å². The molecular weight excluding hydrogens is 232 g/mol. The molecule has 0 saturated heterocycles. The molecule has 1 aromatic rings. The monoisotopic (exact) mass is 251 g/mol. The molecule has 1 aromatic carbocycles. The van der Waals surface area contributed by atoms with Crippen molar-refractivity contribution in [1.82, 2.24) is 0 Å². The summed E-state index contributed by atoms with van der Waals surface area (Å²) in [5.74, 6) is -0.509. The van der Waals surface area contributed by atoms with E-state index in [1.807, 2.05) is 26.8 Å². The molecule has 0 heterocycles. The van der Waals surface area contributed by atoms with Crippen molar-refractivity contribution in [2.45, 2.75) is 27.2 Å². The van der Waals surface area contributed by atoms with Gasteiger partial charge in [-0.1, -0.05) is 13.0 Å². The van der Waals surface area contributed by atoms with Gasteiger partial charge in [0.15, 0.2) is 6.61 Å². The molecule has 0 spiro atoms. The van der Waals surface area contributed by atoms with E-state index in [9.17, 15) is 4.79 Å². The molecule has 0 saturated carbocycles. The van der Waals surface area contributed by atoms with Crippen molar-refractivity contribution in [3.05, 3.63) is 41.5 Å². The van der Waals surface area contributed by atoms with E-state index >= 15 is 0 Å². The van der Waals surface area contributed by atoms with Crippen LogP contribution in [-0.2, 0) is 14.5 Å². The minimum absolute atomic E-state index is 0.300. The van der Waals surface area contributed by atoms with Crippen LogP contribution in [0.1, 0.15) is 34.8 Å². The Hall–Kier alpha value is -1.39. The van der Waals surface area contributed by atoms with Gasteiger partial charge in [-0.2, -0.15) is 4.89 Å². The summed E-state index contributed by atoms with van der Waals surface area (Å²) in [6.45, 7) is 8.21. The van der Waals surface area contributed by atoms with Crippen LogP contribution in [0.5, 0.6) is 0 Å². The van der Waals surface area contributed by atoms with Crippen LogP contribution >= 0.6 is 0 Å². The Kier molecular flexibility index (Phi) is 6.39. The van der Waals surface area contributed by atoms with E-state index < -0.39 is 5.97 Å². The number of carbonyl (C=O) groups is 1. The Morgan fingerprint density at radius 3 is 2.72 bits per heavy atom. The highest BCUT2D eigenvalue weighted by Crippen LogP contribution is 2.11. The van der Waals surface area contributed by atoms with E-state index in [1.54, 1.807) is 12.1 Å². The van der Waals surface area contributed by atoms with Crippen LogP contribution < -0.4 is 0 Å². The van der Waals surface area contributed by atoms with Crippen LogP contribution in [0.3, 0.4) is 0 Å². The second-order valence-electron chi connectivity index (χ2n) is 4.01.